The van der Waals surface area contributed by atoms with E-state index in [2.05, 4.69) is 30.5 Å². The number of nitrogens with zero attached hydrogens (tertiary/aromatic N) is 6. The van der Waals surface area contributed by atoms with E-state index in [9.17, 15) is 0 Å². The van der Waals surface area contributed by atoms with Crippen molar-refractivity contribution >= 4 is 5.82 Å². The molecule has 6 heteroatoms. The highest BCUT2D eigenvalue weighted by Crippen LogP contribution is 2.28. The molecule has 3 aromatic rings. The fraction of sp³-hybridized carbons (Fsp3) is 0.300. The van der Waals surface area contributed by atoms with Gasteiger partial charge in [-0.1, -0.05) is 6.07 Å². The SMILES string of the molecule is N#Cc1ccc(N2CCC[C@H](c3nccn3Cc3ccccn3)C2)nc1. The Hall–Kier alpha value is -3.20. The highest BCUT2D eigenvalue weighted by molar-refractivity contribution is 5.42. The number of nitriles is 1. The van der Waals surface area contributed by atoms with Gasteiger partial charge in [0.1, 0.15) is 17.7 Å². The van der Waals surface area contributed by atoms with Crippen LogP contribution in [0.5, 0.6) is 0 Å². The molecule has 3 aromatic heterocycles. The van der Waals surface area contributed by atoms with Crippen molar-refractivity contribution in [3.05, 3.63) is 72.2 Å². The Morgan fingerprint density at radius 1 is 1.12 bits per heavy atom. The number of pyridine rings is 2. The van der Waals surface area contributed by atoms with Crippen LogP contribution in [0.2, 0.25) is 0 Å². The van der Waals surface area contributed by atoms with Gasteiger partial charge in [0.25, 0.3) is 0 Å². The summed E-state index contributed by atoms with van der Waals surface area (Å²) in [4.78, 5) is 15.8. The quantitative estimate of drug-likeness (QED) is 0.728. The molecule has 0 unspecified atom stereocenters. The molecule has 0 spiro atoms. The van der Waals surface area contributed by atoms with E-state index < -0.39 is 0 Å². The summed E-state index contributed by atoms with van der Waals surface area (Å²) in [6.07, 6.45) is 9.58. The maximum absolute atomic E-state index is 8.94. The molecule has 4 rings (SSSR count). The van der Waals surface area contributed by atoms with Crippen LogP contribution in [-0.4, -0.2) is 32.6 Å². The van der Waals surface area contributed by atoms with E-state index in [-0.39, 0.29) is 0 Å². The normalized spacial score (nSPS) is 17.0. The second-order valence-electron chi connectivity index (χ2n) is 6.54. The first-order chi connectivity index (χ1) is 12.8. The molecule has 6 nitrogen and oxygen atoms in total. The number of anilines is 1. The molecular weight excluding hydrogens is 324 g/mol. The molecule has 1 fully saturated rings. The van der Waals surface area contributed by atoms with Crippen LogP contribution >= 0.6 is 0 Å². The molecule has 130 valence electrons. The lowest BCUT2D eigenvalue weighted by atomic mass is 9.97. The first-order valence-corrected chi connectivity index (χ1v) is 8.85. The van der Waals surface area contributed by atoms with Gasteiger partial charge in [-0.25, -0.2) is 9.97 Å². The highest BCUT2D eigenvalue weighted by atomic mass is 15.2. The van der Waals surface area contributed by atoms with Crippen molar-refractivity contribution in [1.82, 2.24) is 19.5 Å². The van der Waals surface area contributed by atoms with Crippen molar-refractivity contribution in [2.45, 2.75) is 25.3 Å². The molecule has 26 heavy (non-hydrogen) atoms. The summed E-state index contributed by atoms with van der Waals surface area (Å²) >= 11 is 0. The lowest BCUT2D eigenvalue weighted by Gasteiger charge is -2.33. The topological polar surface area (TPSA) is 70.6 Å². The van der Waals surface area contributed by atoms with Crippen LogP contribution in [0.25, 0.3) is 0 Å². The summed E-state index contributed by atoms with van der Waals surface area (Å²) in [7, 11) is 0. The lowest BCUT2D eigenvalue weighted by Crippen LogP contribution is -2.36. The van der Waals surface area contributed by atoms with Crippen molar-refractivity contribution < 1.29 is 0 Å². The maximum Gasteiger partial charge on any atom is 0.128 e. The van der Waals surface area contributed by atoms with Crippen molar-refractivity contribution in [3.8, 4) is 6.07 Å². The summed E-state index contributed by atoms with van der Waals surface area (Å²) in [6, 6.07) is 11.9. The second kappa shape index (κ2) is 7.36. The first-order valence-electron chi connectivity index (χ1n) is 8.85. The standard InChI is InChI=1S/C20H20N6/c21-12-16-6-7-19(24-13-16)25-10-3-4-17(14-25)20-23-9-11-26(20)15-18-5-1-2-8-22-18/h1-2,5-9,11,13,17H,3-4,10,14-15H2/t17-/m0/s1. The third-order valence-corrected chi connectivity index (χ3v) is 4.79. The summed E-state index contributed by atoms with van der Waals surface area (Å²) in [6.45, 7) is 2.61. The molecule has 1 atom stereocenters. The van der Waals surface area contributed by atoms with Crippen LogP contribution in [0.3, 0.4) is 0 Å². The van der Waals surface area contributed by atoms with E-state index in [1.807, 2.05) is 48.9 Å². The average molecular weight is 344 g/mol. The fourth-order valence-electron chi connectivity index (χ4n) is 3.52. The van der Waals surface area contributed by atoms with Crippen LogP contribution in [0, 0.1) is 11.3 Å². The first kappa shape index (κ1) is 16.3. The molecule has 0 amide bonds. The molecule has 0 N–H and O–H groups in total. The smallest absolute Gasteiger partial charge is 0.128 e. The van der Waals surface area contributed by atoms with Gasteiger partial charge in [0, 0.05) is 43.8 Å². The van der Waals surface area contributed by atoms with Crippen LogP contribution in [-0.2, 0) is 6.54 Å². The molecule has 0 saturated carbocycles. The van der Waals surface area contributed by atoms with E-state index >= 15 is 0 Å². The van der Waals surface area contributed by atoms with E-state index in [4.69, 9.17) is 5.26 Å². The van der Waals surface area contributed by atoms with Crippen LogP contribution < -0.4 is 4.90 Å². The predicted octanol–water partition coefficient (Wildman–Crippen LogP) is 2.98. The second-order valence-corrected chi connectivity index (χ2v) is 6.54. The zero-order chi connectivity index (χ0) is 17.8. The van der Waals surface area contributed by atoms with Gasteiger partial charge in [-0.2, -0.15) is 5.26 Å². The molecule has 0 radical (unpaired) electrons. The molecule has 1 aliphatic heterocycles. The van der Waals surface area contributed by atoms with Gasteiger partial charge in [-0.3, -0.25) is 4.98 Å². The van der Waals surface area contributed by atoms with Crippen molar-refractivity contribution in [2.24, 2.45) is 0 Å². The van der Waals surface area contributed by atoms with Gasteiger partial charge < -0.3 is 9.47 Å². The van der Waals surface area contributed by atoms with Crippen LogP contribution in [0.15, 0.2) is 55.1 Å². The summed E-state index contributed by atoms with van der Waals surface area (Å²) in [5.41, 5.74) is 1.63. The van der Waals surface area contributed by atoms with E-state index in [1.54, 1.807) is 6.20 Å². The Balaban J connectivity index is 1.51. The lowest BCUT2D eigenvalue weighted by molar-refractivity contribution is 0.473. The Morgan fingerprint density at radius 3 is 2.85 bits per heavy atom. The Kier molecular flexibility index (Phi) is 4.61. The van der Waals surface area contributed by atoms with Crippen molar-refractivity contribution in [2.75, 3.05) is 18.0 Å². The molecular formula is C20H20N6. The molecule has 0 aromatic carbocycles. The third kappa shape index (κ3) is 3.42. The molecule has 0 bridgehead atoms. The van der Waals surface area contributed by atoms with Gasteiger partial charge in [-0.15, -0.1) is 0 Å². The van der Waals surface area contributed by atoms with Gasteiger partial charge in [0.05, 0.1) is 17.8 Å². The van der Waals surface area contributed by atoms with Crippen molar-refractivity contribution in [3.63, 3.8) is 0 Å². The zero-order valence-corrected chi connectivity index (χ0v) is 14.5. The monoisotopic (exact) mass is 344 g/mol. The van der Waals surface area contributed by atoms with Gasteiger partial charge in [0.2, 0.25) is 0 Å². The van der Waals surface area contributed by atoms with Crippen LogP contribution in [0.1, 0.15) is 35.8 Å². The number of imidazole rings is 1. The number of aromatic nitrogens is 4. The molecule has 1 saturated heterocycles. The Bertz CT molecular complexity index is 894. The number of hydrogen-bond donors (Lipinski definition) is 0. The fourth-order valence-corrected chi connectivity index (χ4v) is 3.52. The minimum absolute atomic E-state index is 0.361. The number of rotatable bonds is 4. The van der Waals surface area contributed by atoms with Crippen molar-refractivity contribution in [1.29, 1.82) is 5.26 Å². The molecule has 0 aliphatic carbocycles. The largest absolute Gasteiger partial charge is 0.356 e. The van der Waals surface area contributed by atoms with E-state index in [1.165, 1.54) is 0 Å². The Labute approximate surface area is 152 Å². The molecule has 1 aliphatic rings. The summed E-state index contributed by atoms with van der Waals surface area (Å²) in [5, 5.41) is 8.94. The highest BCUT2D eigenvalue weighted by Gasteiger charge is 2.25. The minimum Gasteiger partial charge on any atom is -0.356 e. The van der Waals surface area contributed by atoms with E-state index in [0.29, 0.717) is 11.5 Å². The average Bonchev–Trinajstić information content (AvgIpc) is 3.17. The summed E-state index contributed by atoms with van der Waals surface area (Å²) < 4.78 is 2.20. The Morgan fingerprint density at radius 2 is 2.08 bits per heavy atom. The van der Waals surface area contributed by atoms with Crippen LogP contribution in [0.4, 0.5) is 5.82 Å². The predicted molar refractivity (Wildman–Crippen MR) is 98.7 cm³/mol. The summed E-state index contributed by atoms with van der Waals surface area (Å²) in [5.74, 6) is 2.39. The zero-order valence-electron chi connectivity index (χ0n) is 14.5. The number of hydrogen-bond acceptors (Lipinski definition) is 5. The third-order valence-electron chi connectivity index (χ3n) is 4.79. The van der Waals surface area contributed by atoms with Gasteiger partial charge in [0.15, 0.2) is 0 Å². The minimum atomic E-state index is 0.361. The maximum atomic E-state index is 8.94. The number of piperidine rings is 1. The van der Waals surface area contributed by atoms with Gasteiger partial charge >= 0.3 is 0 Å². The van der Waals surface area contributed by atoms with E-state index in [0.717, 1.165) is 49.8 Å². The van der Waals surface area contributed by atoms with Gasteiger partial charge in [-0.05, 0) is 37.1 Å². The molecule has 4 heterocycles.